The lowest BCUT2D eigenvalue weighted by molar-refractivity contribution is -0.184. The highest BCUT2D eigenvalue weighted by atomic mass is 19.4. The predicted octanol–water partition coefficient (Wildman–Crippen LogP) is 2.26. The van der Waals surface area contributed by atoms with E-state index in [0.717, 1.165) is 4.90 Å². The topological polar surface area (TPSA) is 62.6 Å². The predicted molar refractivity (Wildman–Crippen MR) is 71.2 cm³/mol. The Kier molecular flexibility index (Phi) is 4.48. The zero-order chi connectivity index (χ0) is 16.5. The molecule has 0 bridgehead atoms. The van der Waals surface area contributed by atoms with Gasteiger partial charge < -0.3 is 14.6 Å². The van der Waals surface area contributed by atoms with Crippen LogP contribution in [-0.4, -0.2) is 41.5 Å². The Bertz CT molecular complexity index is 568. The van der Waals surface area contributed by atoms with Gasteiger partial charge in [-0.1, -0.05) is 0 Å². The van der Waals surface area contributed by atoms with Gasteiger partial charge in [0.25, 0.3) is 5.91 Å². The molecule has 0 saturated carbocycles. The normalized spacial score (nSPS) is 22.5. The summed E-state index contributed by atoms with van der Waals surface area (Å²) in [6, 6.07) is -0.973. The Labute approximate surface area is 125 Å². The van der Waals surface area contributed by atoms with Crippen LogP contribution in [0.1, 0.15) is 35.9 Å². The first-order chi connectivity index (χ1) is 10.2. The van der Waals surface area contributed by atoms with Crippen LogP contribution in [0.4, 0.5) is 13.2 Å². The van der Waals surface area contributed by atoms with Crippen LogP contribution in [-0.2, 0) is 4.79 Å². The first kappa shape index (κ1) is 16.4. The molecule has 0 aromatic carbocycles. The number of carbonyl (C=O) groups excluding carboxylic acids is 2. The summed E-state index contributed by atoms with van der Waals surface area (Å²) in [6.07, 6.45) is -3.30. The Hall–Kier alpha value is -1.99. The minimum atomic E-state index is -4.51. The fourth-order valence-corrected chi connectivity index (χ4v) is 2.70. The van der Waals surface area contributed by atoms with Crippen LogP contribution in [0.15, 0.2) is 16.7 Å². The minimum absolute atomic E-state index is 0.109. The standard InChI is InChI=1S/C14H17F3N2O3/c1-8-11(5-6-22-8)13(21)19-7-10(18-9(2)20)3-4-12(19)14(15,16)17/h5-6,10,12H,3-4,7H2,1-2H3,(H,18,20)/t10-,12+/m0/s1. The maximum absolute atomic E-state index is 13.2. The van der Waals surface area contributed by atoms with E-state index in [9.17, 15) is 22.8 Å². The molecule has 0 aliphatic carbocycles. The molecule has 1 aromatic heterocycles. The van der Waals surface area contributed by atoms with Crippen LogP contribution < -0.4 is 5.32 Å². The average Bonchev–Trinajstić information content (AvgIpc) is 2.82. The van der Waals surface area contributed by atoms with Crippen LogP contribution in [0.5, 0.6) is 0 Å². The SMILES string of the molecule is CC(=O)N[C@H]1CC[C@H](C(F)(F)F)N(C(=O)c2ccoc2C)C1. The molecule has 1 aliphatic rings. The van der Waals surface area contributed by atoms with Crippen LogP contribution in [0.25, 0.3) is 0 Å². The smallest absolute Gasteiger partial charge is 0.408 e. The molecule has 1 aromatic rings. The van der Waals surface area contributed by atoms with Gasteiger partial charge in [-0.05, 0) is 25.8 Å². The lowest BCUT2D eigenvalue weighted by Crippen LogP contribution is -2.58. The van der Waals surface area contributed by atoms with Gasteiger partial charge in [-0.15, -0.1) is 0 Å². The molecule has 0 radical (unpaired) electrons. The number of piperidine rings is 1. The van der Waals surface area contributed by atoms with Gasteiger partial charge in [0, 0.05) is 19.5 Å². The maximum Gasteiger partial charge on any atom is 0.408 e. The number of halogens is 3. The van der Waals surface area contributed by atoms with E-state index >= 15 is 0 Å². The number of aryl methyl sites for hydroxylation is 1. The van der Waals surface area contributed by atoms with Crippen molar-refractivity contribution in [3.63, 3.8) is 0 Å². The van der Waals surface area contributed by atoms with Gasteiger partial charge in [-0.25, -0.2) is 0 Å². The van der Waals surface area contributed by atoms with Gasteiger partial charge >= 0.3 is 6.18 Å². The van der Waals surface area contributed by atoms with Crippen molar-refractivity contribution < 1.29 is 27.2 Å². The first-order valence-corrected chi connectivity index (χ1v) is 6.89. The highest BCUT2D eigenvalue weighted by Crippen LogP contribution is 2.33. The van der Waals surface area contributed by atoms with Gasteiger partial charge in [-0.3, -0.25) is 9.59 Å². The number of nitrogens with one attached hydrogen (secondary N) is 1. The van der Waals surface area contributed by atoms with Gasteiger partial charge in [0.05, 0.1) is 11.8 Å². The molecular formula is C14H17F3N2O3. The van der Waals surface area contributed by atoms with Crippen molar-refractivity contribution >= 4 is 11.8 Å². The highest BCUT2D eigenvalue weighted by Gasteiger charge is 2.48. The molecule has 2 rings (SSSR count). The molecule has 0 unspecified atom stereocenters. The summed E-state index contributed by atoms with van der Waals surface area (Å²) in [5.74, 6) is -0.793. The molecule has 5 nitrogen and oxygen atoms in total. The van der Waals surface area contributed by atoms with Gasteiger partial charge in [0.15, 0.2) is 0 Å². The molecule has 122 valence electrons. The summed E-state index contributed by atoms with van der Waals surface area (Å²) in [5.41, 5.74) is 0.109. The van der Waals surface area contributed by atoms with Crippen LogP contribution in [0, 0.1) is 6.92 Å². The van der Waals surface area contributed by atoms with E-state index in [0.29, 0.717) is 0 Å². The summed E-state index contributed by atoms with van der Waals surface area (Å²) in [5, 5.41) is 2.57. The molecule has 1 saturated heterocycles. The number of hydrogen-bond acceptors (Lipinski definition) is 3. The van der Waals surface area contributed by atoms with Crippen molar-refractivity contribution in [3.05, 3.63) is 23.7 Å². The number of furan rings is 1. The molecule has 0 spiro atoms. The van der Waals surface area contributed by atoms with E-state index in [1.54, 1.807) is 0 Å². The molecule has 8 heteroatoms. The van der Waals surface area contributed by atoms with E-state index < -0.39 is 24.2 Å². The Balaban J connectivity index is 2.25. The lowest BCUT2D eigenvalue weighted by Gasteiger charge is -2.40. The third kappa shape index (κ3) is 3.42. The summed E-state index contributed by atoms with van der Waals surface area (Å²) in [7, 11) is 0. The second kappa shape index (κ2) is 6.02. The van der Waals surface area contributed by atoms with Gasteiger partial charge in [0.2, 0.25) is 5.91 Å². The van der Waals surface area contributed by atoms with Crippen molar-refractivity contribution in [1.82, 2.24) is 10.2 Å². The number of nitrogens with zero attached hydrogens (tertiary/aromatic N) is 1. The fourth-order valence-electron chi connectivity index (χ4n) is 2.70. The largest absolute Gasteiger partial charge is 0.469 e. The molecule has 22 heavy (non-hydrogen) atoms. The average molecular weight is 318 g/mol. The molecular weight excluding hydrogens is 301 g/mol. The van der Waals surface area contributed by atoms with Crippen LogP contribution in [0.3, 0.4) is 0 Å². The van der Waals surface area contributed by atoms with E-state index in [4.69, 9.17) is 4.42 Å². The first-order valence-electron chi connectivity index (χ1n) is 6.89. The van der Waals surface area contributed by atoms with Crippen molar-refractivity contribution in [2.75, 3.05) is 6.54 Å². The number of hydrogen-bond donors (Lipinski definition) is 1. The monoisotopic (exact) mass is 318 g/mol. The maximum atomic E-state index is 13.2. The van der Waals surface area contributed by atoms with Crippen molar-refractivity contribution in [3.8, 4) is 0 Å². The van der Waals surface area contributed by atoms with E-state index in [2.05, 4.69) is 5.32 Å². The number of likely N-dealkylation sites (tertiary alicyclic amines) is 1. The molecule has 1 N–H and O–H groups in total. The summed E-state index contributed by atoms with van der Waals surface area (Å²) < 4.78 is 44.5. The summed E-state index contributed by atoms with van der Waals surface area (Å²) >= 11 is 0. The third-order valence-electron chi connectivity index (χ3n) is 3.72. The zero-order valence-corrected chi connectivity index (χ0v) is 12.2. The Morgan fingerprint density at radius 3 is 2.55 bits per heavy atom. The highest BCUT2D eigenvalue weighted by molar-refractivity contribution is 5.95. The fraction of sp³-hybridized carbons (Fsp3) is 0.571. The Morgan fingerprint density at radius 2 is 2.05 bits per heavy atom. The summed E-state index contributed by atoms with van der Waals surface area (Å²) in [4.78, 5) is 24.3. The third-order valence-corrected chi connectivity index (χ3v) is 3.72. The number of alkyl halides is 3. The second-order valence-corrected chi connectivity index (χ2v) is 5.38. The van der Waals surface area contributed by atoms with E-state index in [1.807, 2.05) is 0 Å². The van der Waals surface area contributed by atoms with Crippen molar-refractivity contribution in [1.29, 1.82) is 0 Å². The van der Waals surface area contributed by atoms with Crippen molar-refractivity contribution in [2.45, 2.75) is 44.9 Å². The minimum Gasteiger partial charge on any atom is -0.469 e. The quantitative estimate of drug-likeness (QED) is 0.910. The van der Waals surface area contributed by atoms with Crippen LogP contribution in [0.2, 0.25) is 0 Å². The number of carbonyl (C=O) groups is 2. The van der Waals surface area contributed by atoms with Gasteiger partial charge in [0.1, 0.15) is 11.8 Å². The number of rotatable bonds is 2. The second-order valence-electron chi connectivity index (χ2n) is 5.38. The molecule has 2 heterocycles. The van der Waals surface area contributed by atoms with E-state index in [-0.39, 0.29) is 36.6 Å². The summed E-state index contributed by atoms with van der Waals surface area (Å²) in [6.45, 7) is 2.64. The molecule has 2 atom stereocenters. The zero-order valence-electron chi connectivity index (χ0n) is 12.2. The Morgan fingerprint density at radius 1 is 1.36 bits per heavy atom. The molecule has 1 fully saturated rings. The number of amides is 2. The van der Waals surface area contributed by atoms with E-state index in [1.165, 1.54) is 26.2 Å². The molecule has 1 aliphatic heterocycles. The van der Waals surface area contributed by atoms with Crippen molar-refractivity contribution in [2.24, 2.45) is 0 Å². The van der Waals surface area contributed by atoms with Crippen LogP contribution >= 0.6 is 0 Å². The van der Waals surface area contributed by atoms with Gasteiger partial charge in [-0.2, -0.15) is 13.2 Å². The lowest BCUT2D eigenvalue weighted by atomic mass is 9.96. The molecule has 2 amide bonds.